The molecule has 1 heterocycles. The van der Waals surface area contributed by atoms with E-state index in [1.54, 1.807) is 12.3 Å². The molecule has 1 aliphatic heterocycles. The summed E-state index contributed by atoms with van der Waals surface area (Å²) in [5.74, 6) is 0.278. The molecule has 0 atom stereocenters. The Labute approximate surface area is 95.8 Å². The maximum Gasteiger partial charge on any atom is 0.124 e. The summed E-state index contributed by atoms with van der Waals surface area (Å²) in [7, 11) is 2.12. The lowest BCUT2D eigenvalue weighted by Gasteiger charge is -2.30. The Kier molecular flexibility index (Phi) is 3.41. The van der Waals surface area contributed by atoms with Gasteiger partial charge in [0.05, 0.1) is 6.21 Å². The molecule has 16 heavy (non-hydrogen) atoms. The zero-order chi connectivity index (χ0) is 11.4. The fourth-order valence-corrected chi connectivity index (χ4v) is 1.65. The van der Waals surface area contributed by atoms with Crippen molar-refractivity contribution >= 4 is 6.21 Å². The van der Waals surface area contributed by atoms with Crippen LogP contribution in [0.3, 0.4) is 0 Å². The lowest BCUT2D eigenvalue weighted by atomic mass is 10.2. The lowest BCUT2D eigenvalue weighted by Crippen LogP contribution is -2.41. The van der Waals surface area contributed by atoms with Crippen molar-refractivity contribution in [2.75, 3.05) is 33.2 Å². The van der Waals surface area contributed by atoms with Crippen molar-refractivity contribution in [3.63, 3.8) is 0 Å². The number of hydrazone groups is 1. The Morgan fingerprint density at radius 3 is 2.56 bits per heavy atom. The van der Waals surface area contributed by atoms with Crippen LogP contribution in [0.4, 0.5) is 0 Å². The van der Waals surface area contributed by atoms with Gasteiger partial charge in [0.2, 0.25) is 0 Å². The van der Waals surface area contributed by atoms with Crippen molar-refractivity contribution in [2.45, 2.75) is 0 Å². The zero-order valence-electron chi connectivity index (χ0n) is 9.50. The third kappa shape index (κ3) is 2.73. The summed E-state index contributed by atoms with van der Waals surface area (Å²) in [4.78, 5) is 2.28. The highest BCUT2D eigenvalue weighted by molar-refractivity contribution is 5.82. The number of nitrogens with zero attached hydrogens (tertiary/aromatic N) is 3. The molecule has 0 unspecified atom stereocenters. The molecule has 1 aromatic carbocycles. The number of benzene rings is 1. The highest BCUT2D eigenvalue weighted by atomic mass is 16.3. The highest BCUT2D eigenvalue weighted by Gasteiger charge is 2.10. The molecule has 0 spiro atoms. The molecular formula is C12H17N3O. The first-order valence-electron chi connectivity index (χ1n) is 5.51. The minimum absolute atomic E-state index is 0.278. The van der Waals surface area contributed by atoms with E-state index in [1.807, 2.05) is 23.2 Å². The van der Waals surface area contributed by atoms with Crippen LogP contribution in [0.15, 0.2) is 29.4 Å². The quantitative estimate of drug-likeness (QED) is 0.753. The van der Waals surface area contributed by atoms with Gasteiger partial charge in [0.25, 0.3) is 0 Å². The average molecular weight is 219 g/mol. The molecule has 1 fully saturated rings. The normalized spacial score (nSPS) is 18.2. The van der Waals surface area contributed by atoms with E-state index >= 15 is 0 Å². The van der Waals surface area contributed by atoms with Crippen LogP contribution in [-0.4, -0.2) is 54.5 Å². The molecule has 0 bridgehead atoms. The first kappa shape index (κ1) is 11.0. The minimum atomic E-state index is 0.278. The maximum absolute atomic E-state index is 9.56. The van der Waals surface area contributed by atoms with Gasteiger partial charge in [-0.05, 0) is 19.2 Å². The lowest BCUT2D eigenvalue weighted by molar-refractivity contribution is 0.159. The van der Waals surface area contributed by atoms with Gasteiger partial charge in [-0.3, -0.25) is 5.01 Å². The highest BCUT2D eigenvalue weighted by Crippen LogP contribution is 2.13. The summed E-state index contributed by atoms with van der Waals surface area (Å²) in [6.45, 7) is 3.97. The van der Waals surface area contributed by atoms with Gasteiger partial charge >= 0.3 is 0 Å². The van der Waals surface area contributed by atoms with Crippen LogP contribution in [-0.2, 0) is 0 Å². The summed E-state index contributed by atoms with van der Waals surface area (Å²) in [5.41, 5.74) is 0.765. The molecule has 0 saturated carbocycles. The smallest absolute Gasteiger partial charge is 0.124 e. The molecule has 2 rings (SSSR count). The largest absolute Gasteiger partial charge is 0.507 e. The first-order valence-corrected chi connectivity index (χ1v) is 5.51. The number of phenols is 1. The third-order valence-corrected chi connectivity index (χ3v) is 2.78. The number of phenolic OH excluding ortho intramolecular Hbond substituents is 1. The summed E-state index contributed by atoms with van der Waals surface area (Å²) >= 11 is 0. The molecule has 1 aliphatic rings. The second-order valence-corrected chi connectivity index (χ2v) is 4.06. The van der Waals surface area contributed by atoms with Crippen molar-refractivity contribution in [3.8, 4) is 5.75 Å². The van der Waals surface area contributed by atoms with E-state index in [4.69, 9.17) is 0 Å². The Balaban J connectivity index is 1.97. The van der Waals surface area contributed by atoms with Crippen molar-refractivity contribution in [2.24, 2.45) is 5.10 Å². The van der Waals surface area contributed by atoms with E-state index < -0.39 is 0 Å². The van der Waals surface area contributed by atoms with Crippen LogP contribution in [0.1, 0.15) is 5.56 Å². The van der Waals surface area contributed by atoms with Gasteiger partial charge in [0.1, 0.15) is 5.75 Å². The second kappa shape index (κ2) is 4.99. The molecule has 0 aliphatic carbocycles. The molecule has 0 aromatic heterocycles. The van der Waals surface area contributed by atoms with Crippen molar-refractivity contribution < 1.29 is 5.11 Å². The molecular weight excluding hydrogens is 202 g/mol. The van der Waals surface area contributed by atoms with Gasteiger partial charge in [-0.25, -0.2) is 0 Å². The van der Waals surface area contributed by atoms with Crippen molar-refractivity contribution in [1.82, 2.24) is 9.91 Å². The van der Waals surface area contributed by atoms with Crippen LogP contribution < -0.4 is 0 Å². The molecule has 1 saturated heterocycles. The van der Waals surface area contributed by atoms with Gasteiger partial charge in [-0.2, -0.15) is 5.10 Å². The van der Waals surface area contributed by atoms with Crippen LogP contribution in [0, 0.1) is 0 Å². The molecule has 1 aromatic rings. The maximum atomic E-state index is 9.56. The SMILES string of the molecule is CN1CCN(N=Cc2ccccc2O)CC1. The van der Waals surface area contributed by atoms with E-state index in [9.17, 15) is 5.11 Å². The van der Waals surface area contributed by atoms with Crippen molar-refractivity contribution in [3.05, 3.63) is 29.8 Å². The summed E-state index contributed by atoms with van der Waals surface area (Å²) < 4.78 is 0. The van der Waals surface area contributed by atoms with E-state index in [0.717, 1.165) is 31.7 Å². The molecule has 4 heteroatoms. The standard InChI is InChI=1S/C12H17N3O/c1-14-6-8-15(9-7-14)13-10-11-4-2-3-5-12(11)16/h2-5,10,16H,6-9H2,1H3. The third-order valence-electron chi connectivity index (χ3n) is 2.78. The van der Waals surface area contributed by atoms with E-state index in [2.05, 4.69) is 17.0 Å². The monoisotopic (exact) mass is 219 g/mol. The van der Waals surface area contributed by atoms with Crippen LogP contribution in [0.5, 0.6) is 5.75 Å². The zero-order valence-corrected chi connectivity index (χ0v) is 9.50. The van der Waals surface area contributed by atoms with E-state index in [0.29, 0.717) is 0 Å². The fraction of sp³-hybridized carbons (Fsp3) is 0.417. The minimum Gasteiger partial charge on any atom is -0.507 e. The number of hydrogen-bond donors (Lipinski definition) is 1. The van der Waals surface area contributed by atoms with Gasteiger partial charge < -0.3 is 10.0 Å². The topological polar surface area (TPSA) is 39.1 Å². The average Bonchev–Trinajstić information content (AvgIpc) is 2.30. The Bertz CT molecular complexity index is 370. The molecule has 1 N–H and O–H groups in total. The number of hydrogen-bond acceptors (Lipinski definition) is 4. The second-order valence-electron chi connectivity index (χ2n) is 4.06. The number of piperazine rings is 1. The van der Waals surface area contributed by atoms with Gasteiger partial charge in [0.15, 0.2) is 0 Å². The van der Waals surface area contributed by atoms with Gasteiger partial charge in [-0.1, -0.05) is 12.1 Å². The van der Waals surface area contributed by atoms with Gasteiger partial charge in [0, 0.05) is 31.7 Å². The summed E-state index contributed by atoms with van der Waals surface area (Å²) in [5, 5.41) is 16.0. The summed E-state index contributed by atoms with van der Waals surface area (Å²) in [6.07, 6.45) is 1.72. The van der Waals surface area contributed by atoms with E-state index in [-0.39, 0.29) is 5.75 Å². The van der Waals surface area contributed by atoms with Crippen molar-refractivity contribution in [1.29, 1.82) is 0 Å². The van der Waals surface area contributed by atoms with Crippen LogP contribution in [0.25, 0.3) is 0 Å². The number of rotatable bonds is 2. The molecule has 86 valence electrons. The Morgan fingerprint density at radius 2 is 1.88 bits per heavy atom. The number of aromatic hydroxyl groups is 1. The number of para-hydroxylation sites is 1. The molecule has 4 nitrogen and oxygen atoms in total. The molecule has 0 amide bonds. The fourth-order valence-electron chi connectivity index (χ4n) is 1.65. The van der Waals surface area contributed by atoms with Gasteiger partial charge in [-0.15, -0.1) is 0 Å². The number of likely N-dealkylation sites (N-methyl/N-ethyl adjacent to an activating group) is 1. The first-order chi connectivity index (χ1) is 7.75. The molecule has 0 radical (unpaired) electrons. The summed E-state index contributed by atoms with van der Waals surface area (Å²) in [6, 6.07) is 7.23. The Hall–Kier alpha value is -1.55. The predicted molar refractivity (Wildman–Crippen MR) is 64.8 cm³/mol. The van der Waals surface area contributed by atoms with Crippen LogP contribution in [0.2, 0.25) is 0 Å². The van der Waals surface area contributed by atoms with E-state index in [1.165, 1.54) is 0 Å². The Morgan fingerprint density at radius 1 is 1.19 bits per heavy atom. The van der Waals surface area contributed by atoms with Crippen LogP contribution >= 0.6 is 0 Å². The predicted octanol–water partition coefficient (Wildman–Crippen LogP) is 0.974.